The molecule has 3 N–H and O–H groups in total. The van der Waals surface area contributed by atoms with E-state index < -0.39 is 21.5 Å². The number of sulfonamides is 1. The summed E-state index contributed by atoms with van der Waals surface area (Å²) in [6, 6.07) is 6.33. The smallest absolute Gasteiger partial charge is 0.252 e. The lowest BCUT2D eigenvalue weighted by Crippen LogP contribution is -2.45. The lowest BCUT2D eigenvalue weighted by Gasteiger charge is -2.27. The molecule has 23 heavy (non-hydrogen) atoms. The number of rotatable bonds is 5. The molecule has 0 atom stereocenters. The Morgan fingerprint density at radius 1 is 1.22 bits per heavy atom. The van der Waals surface area contributed by atoms with Gasteiger partial charge in [0.15, 0.2) is 0 Å². The van der Waals surface area contributed by atoms with Crippen LogP contribution in [-0.4, -0.2) is 43.8 Å². The van der Waals surface area contributed by atoms with Crippen LogP contribution in [0.3, 0.4) is 0 Å². The van der Waals surface area contributed by atoms with Gasteiger partial charge >= 0.3 is 0 Å². The summed E-state index contributed by atoms with van der Waals surface area (Å²) in [6.07, 6.45) is 2.75. The van der Waals surface area contributed by atoms with Crippen molar-refractivity contribution in [3.8, 4) is 0 Å². The summed E-state index contributed by atoms with van der Waals surface area (Å²) in [4.78, 5) is 12.5. The molecule has 1 aliphatic heterocycles. The molecule has 0 aliphatic carbocycles. The normalized spacial score (nSPS) is 17.0. The molecule has 7 heteroatoms. The van der Waals surface area contributed by atoms with Gasteiger partial charge in [0.05, 0.1) is 10.5 Å². The van der Waals surface area contributed by atoms with Crippen LogP contribution in [0, 0.1) is 0 Å². The molecule has 1 saturated heterocycles. The molecule has 0 spiro atoms. The Morgan fingerprint density at radius 3 is 2.43 bits per heavy atom. The van der Waals surface area contributed by atoms with Gasteiger partial charge in [-0.2, -0.15) is 4.31 Å². The quantitative estimate of drug-likeness (QED) is 0.846. The predicted molar refractivity (Wildman–Crippen MR) is 89.7 cm³/mol. The average molecular weight is 339 g/mol. The van der Waals surface area contributed by atoms with E-state index in [1.807, 2.05) is 0 Å². The number of carbonyl (C=O) groups excluding carboxylic acids is 1. The summed E-state index contributed by atoms with van der Waals surface area (Å²) >= 11 is 0. The van der Waals surface area contributed by atoms with Crippen LogP contribution in [0.2, 0.25) is 0 Å². The number of nitrogens with zero attached hydrogens (tertiary/aromatic N) is 1. The molecule has 1 aliphatic rings. The van der Waals surface area contributed by atoms with Gasteiger partial charge in [-0.25, -0.2) is 8.42 Å². The second-order valence-electron chi connectivity index (χ2n) is 6.63. The third-order valence-electron chi connectivity index (χ3n) is 3.77. The van der Waals surface area contributed by atoms with Crippen LogP contribution in [0.1, 0.15) is 43.5 Å². The van der Waals surface area contributed by atoms with Crippen LogP contribution in [0.15, 0.2) is 29.2 Å². The van der Waals surface area contributed by atoms with Crippen molar-refractivity contribution in [3.63, 3.8) is 0 Å². The Hall–Kier alpha value is -1.44. The molecule has 1 fully saturated rings. The highest BCUT2D eigenvalue weighted by Crippen LogP contribution is 2.23. The van der Waals surface area contributed by atoms with Crippen molar-refractivity contribution in [2.45, 2.75) is 43.5 Å². The summed E-state index contributed by atoms with van der Waals surface area (Å²) < 4.78 is 27.1. The van der Waals surface area contributed by atoms with Crippen molar-refractivity contribution < 1.29 is 13.2 Å². The third kappa shape index (κ3) is 4.53. The molecular weight excluding hydrogens is 314 g/mol. The molecular formula is C16H25N3O3S. The summed E-state index contributed by atoms with van der Waals surface area (Å²) in [6.45, 7) is 4.87. The van der Waals surface area contributed by atoms with E-state index in [9.17, 15) is 13.2 Å². The van der Waals surface area contributed by atoms with E-state index in [4.69, 9.17) is 5.73 Å². The van der Waals surface area contributed by atoms with E-state index in [1.54, 1.807) is 26.0 Å². The van der Waals surface area contributed by atoms with Crippen molar-refractivity contribution in [1.82, 2.24) is 9.62 Å². The first kappa shape index (κ1) is 17.9. The number of carbonyl (C=O) groups is 1. The van der Waals surface area contributed by atoms with Crippen molar-refractivity contribution in [2.24, 2.45) is 5.73 Å². The zero-order valence-electron chi connectivity index (χ0n) is 13.7. The van der Waals surface area contributed by atoms with Crippen LogP contribution < -0.4 is 11.1 Å². The minimum Gasteiger partial charge on any atom is -0.350 e. The van der Waals surface area contributed by atoms with Gasteiger partial charge < -0.3 is 11.1 Å². The maximum atomic E-state index is 12.8. The Bertz CT molecular complexity index is 659. The number of nitrogens with two attached hydrogens (primary N) is 1. The maximum absolute atomic E-state index is 12.8. The van der Waals surface area contributed by atoms with Crippen molar-refractivity contribution in [3.05, 3.63) is 29.8 Å². The highest BCUT2D eigenvalue weighted by molar-refractivity contribution is 7.89. The second-order valence-corrected chi connectivity index (χ2v) is 8.54. The largest absolute Gasteiger partial charge is 0.350 e. The summed E-state index contributed by atoms with van der Waals surface area (Å²) in [5, 5.41) is 2.71. The van der Waals surface area contributed by atoms with E-state index >= 15 is 0 Å². The van der Waals surface area contributed by atoms with Crippen LogP contribution in [0.25, 0.3) is 0 Å². The van der Waals surface area contributed by atoms with Gasteiger partial charge in [-0.05, 0) is 38.8 Å². The predicted octanol–water partition coefficient (Wildman–Crippen LogP) is 1.33. The summed E-state index contributed by atoms with van der Waals surface area (Å²) in [5.74, 6) is -0.417. The Balaban J connectivity index is 2.28. The van der Waals surface area contributed by atoms with Gasteiger partial charge in [-0.1, -0.05) is 18.6 Å². The van der Waals surface area contributed by atoms with E-state index in [0.717, 1.165) is 19.3 Å². The molecule has 0 radical (unpaired) electrons. The van der Waals surface area contributed by atoms with Gasteiger partial charge in [0.2, 0.25) is 10.0 Å². The number of amides is 1. The van der Waals surface area contributed by atoms with Gasteiger partial charge in [0.25, 0.3) is 5.91 Å². The molecule has 0 unspecified atom stereocenters. The molecule has 6 nitrogen and oxygen atoms in total. The summed E-state index contributed by atoms with van der Waals surface area (Å²) in [5.41, 5.74) is 5.47. The number of hydrogen-bond acceptors (Lipinski definition) is 4. The van der Waals surface area contributed by atoms with E-state index in [1.165, 1.54) is 16.4 Å². The zero-order chi connectivity index (χ0) is 17.1. The molecule has 1 heterocycles. The monoisotopic (exact) mass is 339 g/mol. The first-order valence-electron chi connectivity index (χ1n) is 7.88. The lowest BCUT2D eigenvalue weighted by atomic mass is 10.1. The number of piperidine rings is 1. The molecule has 0 saturated carbocycles. The van der Waals surface area contributed by atoms with E-state index in [2.05, 4.69) is 5.32 Å². The van der Waals surface area contributed by atoms with Gasteiger partial charge in [-0.3, -0.25) is 4.79 Å². The third-order valence-corrected chi connectivity index (χ3v) is 5.73. The second kappa shape index (κ2) is 6.98. The van der Waals surface area contributed by atoms with Gasteiger partial charge in [-0.15, -0.1) is 0 Å². The fraction of sp³-hybridized carbons (Fsp3) is 0.562. The molecule has 0 aromatic heterocycles. The zero-order valence-corrected chi connectivity index (χ0v) is 14.5. The first-order valence-corrected chi connectivity index (χ1v) is 9.32. The SMILES string of the molecule is CC(C)(N)CNC(=O)c1ccccc1S(=O)(=O)N1CCCCC1. The van der Waals surface area contributed by atoms with Gasteiger partial charge in [0.1, 0.15) is 0 Å². The minimum atomic E-state index is -3.65. The minimum absolute atomic E-state index is 0.0641. The topological polar surface area (TPSA) is 92.5 Å². The van der Waals surface area contributed by atoms with Crippen LogP contribution in [0.5, 0.6) is 0 Å². The Morgan fingerprint density at radius 2 is 1.83 bits per heavy atom. The lowest BCUT2D eigenvalue weighted by molar-refractivity contribution is 0.0942. The van der Waals surface area contributed by atoms with Crippen LogP contribution in [0.4, 0.5) is 0 Å². The molecule has 2 rings (SSSR count). The standard InChI is InChI=1S/C16H25N3O3S/c1-16(2,17)12-18-15(20)13-8-4-5-9-14(13)23(21,22)19-10-6-3-7-11-19/h4-5,8-9H,3,6-7,10-12,17H2,1-2H3,(H,18,20). The van der Waals surface area contributed by atoms with Gasteiger partial charge in [0, 0.05) is 25.2 Å². The maximum Gasteiger partial charge on any atom is 0.252 e. The molecule has 1 aromatic carbocycles. The van der Waals surface area contributed by atoms with Crippen LogP contribution in [-0.2, 0) is 10.0 Å². The average Bonchev–Trinajstić information content (AvgIpc) is 2.53. The van der Waals surface area contributed by atoms with Crippen LogP contribution >= 0.6 is 0 Å². The fourth-order valence-corrected chi connectivity index (χ4v) is 4.23. The molecule has 1 aromatic rings. The Kier molecular flexibility index (Phi) is 5.44. The highest BCUT2D eigenvalue weighted by atomic mass is 32.2. The van der Waals surface area contributed by atoms with Crippen molar-refractivity contribution in [1.29, 1.82) is 0 Å². The van der Waals surface area contributed by atoms with E-state index in [0.29, 0.717) is 13.1 Å². The van der Waals surface area contributed by atoms with Crippen molar-refractivity contribution >= 4 is 15.9 Å². The number of nitrogens with one attached hydrogen (secondary N) is 1. The molecule has 128 valence electrons. The Labute approximate surface area is 138 Å². The number of benzene rings is 1. The number of hydrogen-bond donors (Lipinski definition) is 2. The first-order chi connectivity index (χ1) is 10.7. The molecule has 0 bridgehead atoms. The van der Waals surface area contributed by atoms with E-state index in [-0.39, 0.29) is 17.0 Å². The highest BCUT2D eigenvalue weighted by Gasteiger charge is 2.29. The molecule has 1 amide bonds. The van der Waals surface area contributed by atoms with Crippen molar-refractivity contribution in [2.75, 3.05) is 19.6 Å². The summed E-state index contributed by atoms with van der Waals surface area (Å²) in [7, 11) is -3.65. The fourth-order valence-electron chi connectivity index (χ4n) is 2.53.